The first kappa shape index (κ1) is 15.4. The van der Waals surface area contributed by atoms with Gasteiger partial charge in [-0.05, 0) is 19.1 Å². The van der Waals surface area contributed by atoms with Gasteiger partial charge in [-0.1, -0.05) is 12.1 Å². The van der Waals surface area contributed by atoms with E-state index in [4.69, 9.17) is 4.74 Å². The summed E-state index contributed by atoms with van der Waals surface area (Å²) in [5, 5.41) is 12.5. The molecule has 3 N–H and O–H groups in total. The molecule has 1 aromatic carbocycles. The summed E-state index contributed by atoms with van der Waals surface area (Å²) in [6.45, 7) is 2.11. The van der Waals surface area contributed by atoms with Crippen molar-refractivity contribution in [1.29, 1.82) is 0 Å². The number of carbonyl (C=O) groups excluding carboxylic acids is 1. The minimum absolute atomic E-state index is 0.216. The Hall–Kier alpha value is -3.03. The molecule has 8 nitrogen and oxygen atoms in total. The molecule has 116 valence electrons. The number of aromatic amines is 1. The normalized spacial score (nSPS) is 10.3. The Morgan fingerprint density at radius 3 is 2.68 bits per heavy atom. The maximum atomic E-state index is 12.0. The molecule has 2 aromatic rings. The zero-order valence-corrected chi connectivity index (χ0v) is 12.0. The second-order valence-corrected chi connectivity index (χ2v) is 4.27. The predicted octanol–water partition coefficient (Wildman–Crippen LogP) is -0.0103. The third-order valence-electron chi connectivity index (χ3n) is 2.95. The number of ether oxygens (including phenoxy) is 1. The van der Waals surface area contributed by atoms with Crippen molar-refractivity contribution in [2.45, 2.75) is 6.92 Å². The zero-order valence-electron chi connectivity index (χ0n) is 12.0. The van der Waals surface area contributed by atoms with Crippen LogP contribution in [-0.4, -0.2) is 34.2 Å². The molecule has 0 aliphatic rings. The van der Waals surface area contributed by atoms with Crippen LogP contribution < -0.4 is 21.3 Å². The SMILES string of the molecule is CCOc1ccccc1-n1c(O)c(C(=O)NC)c(=O)[nH]c1=O. The van der Waals surface area contributed by atoms with Gasteiger partial charge in [0.25, 0.3) is 11.5 Å². The molecule has 0 atom stereocenters. The van der Waals surface area contributed by atoms with Gasteiger partial charge in [0.2, 0.25) is 5.88 Å². The van der Waals surface area contributed by atoms with Crippen LogP contribution in [0.15, 0.2) is 33.9 Å². The number of para-hydroxylation sites is 2. The molecule has 0 spiro atoms. The monoisotopic (exact) mass is 305 g/mol. The van der Waals surface area contributed by atoms with E-state index in [2.05, 4.69) is 5.32 Å². The number of aromatic nitrogens is 2. The fourth-order valence-corrected chi connectivity index (χ4v) is 2.00. The molecule has 0 saturated heterocycles. The molecule has 1 amide bonds. The van der Waals surface area contributed by atoms with Crippen molar-refractivity contribution >= 4 is 5.91 Å². The number of carbonyl (C=O) groups is 1. The lowest BCUT2D eigenvalue weighted by atomic mass is 10.2. The van der Waals surface area contributed by atoms with Crippen LogP contribution in [0.1, 0.15) is 17.3 Å². The van der Waals surface area contributed by atoms with Gasteiger partial charge in [0, 0.05) is 7.05 Å². The number of benzene rings is 1. The van der Waals surface area contributed by atoms with Gasteiger partial charge in [0.15, 0.2) is 5.56 Å². The van der Waals surface area contributed by atoms with Crippen LogP contribution in [0.2, 0.25) is 0 Å². The summed E-state index contributed by atoms with van der Waals surface area (Å²) in [5.41, 5.74) is -2.17. The number of hydrogen-bond acceptors (Lipinski definition) is 5. The largest absolute Gasteiger partial charge is 0.493 e. The maximum absolute atomic E-state index is 12.0. The Morgan fingerprint density at radius 1 is 1.36 bits per heavy atom. The number of nitrogens with zero attached hydrogens (tertiary/aromatic N) is 1. The highest BCUT2D eigenvalue weighted by Crippen LogP contribution is 2.25. The lowest BCUT2D eigenvalue weighted by molar-refractivity contribution is 0.0957. The first-order valence-corrected chi connectivity index (χ1v) is 6.53. The summed E-state index contributed by atoms with van der Waals surface area (Å²) < 4.78 is 6.21. The van der Waals surface area contributed by atoms with Crippen LogP contribution in [0, 0.1) is 0 Å². The molecule has 0 aliphatic carbocycles. The Labute approximate surface area is 125 Å². The predicted molar refractivity (Wildman–Crippen MR) is 78.9 cm³/mol. The average Bonchev–Trinajstić information content (AvgIpc) is 2.48. The number of H-pyrrole nitrogens is 1. The van der Waals surface area contributed by atoms with Crippen molar-refractivity contribution in [1.82, 2.24) is 14.9 Å². The topological polar surface area (TPSA) is 113 Å². The minimum Gasteiger partial charge on any atom is -0.493 e. The Balaban J connectivity index is 2.80. The number of amides is 1. The van der Waals surface area contributed by atoms with Gasteiger partial charge < -0.3 is 15.2 Å². The Kier molecular flexibility index (Phi) is 4.31. The summed E-state index contributed by atoms with van der Waals surface area (Å²) in [6.07, 6.45) is 0. The highest BCUT2D eigenvalue weighted by atomic mass is 16.5. The third-order valence-corrected chi connectivity index (χ3v) is 2.95. The van der Waals surface area contributed by atoms with Gasteiger partial charge in [0.1, 0.15) is 5.75 Å². The summed E-state index contributed by atoms with van der Waals surface area (Å²) in [6, 6.07) is 6.46. The van der Waals surface area contributed by atoms with E-state index < -0.39 is 28.6 Å². The van der Waals surface area contributed by atoms with Crippen molar-refractivity contribution in [3.05, 3.63) is 50.7 Å². The first-order valence-electron chi connectivity index (χ1n) is 6.53. The van der Waals surface area contributed by atoms with Crippen molar-refractivity contribution in [3.63, 3.8) is 0 Å². The van der Waals surface area contributed by atoms with Crippen LogP contribution in [0.4, 0.5) is 0 Å². The number of aromatic hydroxyl groups is 1. The van der Waals surface area contributed by atoms with Crippen LogP contribution in [0.5, 0.6) is 11.6 Å². The second-order valence-electron chi connectivity index (χ2n) is 4.27. The summed E-state index contributed by atoms with van der Waals surface area (Å²) in [7, 11) is 1.31. The fourth-order valence-electron chi connectivity index (χ4n) is 2.00. The minimum atomic E-state index is -0.966. The van der Waals surface area contributed by atoms with Gasteiger partial charge in [-0.3, -0.25) is 14.6 Å². The molecule has 1 aromatic heterocycles. The number of nitrogens with one attached hydrogen (secondary N) is 2. The van der Waals surface area contributed by atoms with E-state index >= 15 is 0 Å². The van der Waals surface area contributed by atoms with Crippen LogP contribution in [0.25, 0.3) is 5.69 Å². The summed E-state index contributed by atoms with van der Waals surface area (Å²) in [4.78, 5) is 37.5. The molecule has 0 fully saturated rings. The van der Waals surface area contributed by atoms with E-state index in [0.29, 0.717) is 12.4 Å². The van der Waals surface area contributed by atoms with E-state index in [-0.39, 0.29) is 5.69 Å². The van der Waals surface area contributed by atoms with Crippen molar-refractivity contribution < 1.29 is 14.6 Å². The second kappa shape index (κ2) is 6.17. The van der Waals surface area contributed by atoms with Gasteiger partial charge in [-0.15, -0.1) is 0 Å². The van der Waals surface area contributed by atoms with E-state index in [0.717, 1.165) is 4.57 Å². The van der Waals surface area contributed by atoms with Crippen molar-refractivity contribution in [2.75, 3.05) is 13.7 Å². The summed E-state index contributed by atoms with van der Waals surface area (Å²) >= 11 is 0. The lowest BCUT2D eigenvalue weighted by Crippen LogP contribution is -2.36. The molecule has 0 unspecified atom stereocenters. The third kappa shape index (κ3) is 2.58. The molecule has 0 saturated carbocycles. The van der Waals surface area contributed by atoms with E-state index in [1.165, 1.54) is 13.1 Å². The molecule has 22 heavy (non-hydrogen) atoms. The Bertz CT molecular complexity index is 822. The molecule has 0 bridgehead atoms. The standard InChI is InChI=1S/C14H15N3O5/c1-3-22-9-7-5-4-6-8(9)17-13(20)10(11(18)15-2)12(19)16-14(17)21/h4-7,20H,3H2,1-2H3,(H,15,18)(H,16,19,21). The van der Waals surface area contributed by atoms with Crippen LogP contribution >= 0.6 is 0 Å². The maximum Gasteiger partial charge on any atom is 0.335 e. The summed E-state index contributed by atoms with van der Waals surface area (Å²) in [5.74, 6) is -1.22. The van der Waals surface area contributed by atoms with Crippen LogP contribution in [-0.2, 0) is 0 Å². The van der Waals surface area contributed by atoms with Crippen molar-refractivity contribution in [3.8, 4) is 17.3 Å². The van der Waals surface area contributed by atoms with Crippen molar-refractivity contribution in [2.24, 2.45) is 0 Å². The molecule has 2 rings (SSSR count). The fraction of sp³-hybridized carbons (Fsp3) is 0.214. The molecule has 0 radical (unpaired) electrons. The molecular weight excluding hydrogens is 290 g/mol. The number of rotatable bonds is 4. The molecule has 1 heterocycles. The lowest BCUT2D eigenvalue weighted by Gasteiger charge is -2.14. The van der Waals surface area contributed by atoms with E-state index in [9.17, 15) is 19.5 Å². The number of hydrogen-bond donors (Lipinski definition) is 3. The van der Waals surface area contributed by atoms with Gasteiger partial charge in [0.05, 0.1) is 12.3 Å². The van der Waals surface area contributed by atoms with E-state index in [1.54, 1.807) is 25.1 Å². The average molecular weight is 305 g/mol. The quantitative estimate of drug-likeness (QED) is 0.735. The van der Waals surface area contributed by atoms with Gasteiger partial charge in [-0.2, -0.15) is 0 Å². The highest BCUT2D eigenvalue weighted by Gasteiger charge is 2.22. The molecule has 8 heteroatoms. The molecular formula is C14H15N3O5. The zero-order chi connectivity index (χ0) is 16.3. The Morgan fingerprint density at radius 2 is 2.05 bits per heavy atom. The van der Waals surface area contributed by atoms with Gasteiger partial charge in [-0.25, -0.2) is 9.36 Å². The van der Waals surface area contributed by atoms with E-state index in [1.807, 2.05) is 4.98 Å². The van der Waals surface area contributed by atoms with Gasteiger partial charge >= 0.3 is 5.69 Å². The smallest absolute Gasteiger partial charge is 0.335 e. The molecule has 0 aliphatic heterocycles. The highest BCUT2D eigenvalue weighted by molar-refractivity contribution is 5.95. The first-order chi connectivity index (χ1) is 10.5. The van der Waals surface area contributed by atoms with Crippen LogP contribution in [0.3, 0.4) is 0 Å².